The molecule has 0 amide bonds. The molecule has 6 nitrogen and oxygen atoms in total. The van der Waals surface area contributed by atoms with Crippen molar-refractivity contribution in [2.75, 3.05) is 20.8 Å². The third-order valence-corrected chi connectivity index (χ3v) is 5.52. The highest BCUT2D eigenvalue weighted by Gasteiger charge is 2.34. The fourth-order valence-corrected chi connectivity index (χ4v) is 3.98. The molecular formula is C23H20F3NO5S. The van der Waals surface area contributed by atoms with Gasteiger partial charge in [-0.25, -0.2) is 9.79 Å². The van der Waals surface area contributed by atoms with Crippen molar-refractivity contribution in [2.45, 2.75) is 13.1 Å². The second-order valence-electron chi connectivity index (χ2n) is 6.63. The normalized spacial score (nSPS) is 16.4. The van der Waals surface area contributed by atoms with Crippen LogP contribution in [0.1, 0.15) is 18.1 Å². The number of alkyl halides is 3. The van der Waals surface area contributed by atoms with Crippen LogP contribution < -0.4 is 9.47 Å². The molecule has 1 N–H and O–H groups in total. The Kier molecular flexibility index (Phi) is 7.37. The summed E-state index contributed by atoms with van der Waals surface area (Å²) in [6.07, 6.45) is -2.98. The lowest BCUT2D eigenvalue weighted by molar-refractivity contribution is -0.138. The zero-order valence-electron chi connectivity index (χ0n) is 17.9. The molecule has 0 spiro atoms. The van der Waals surface area contributed by atoms with Gasteiger partial charge in [0.05, 0.1) is 37.0 Å². The Balaban J connectivity index is 2.10. The van der Waals surface area contributed by atoms with Gasteiger partial charge in [0, 0.05) is 5.56 Å². The van der Waals surface area contributed by atoms with Crippen molar-refractivity contribution in [2.24, 2.45) is 4.99 Å². The maximum atomic E-state index is 13.1. The molecule has 0 saturated carbocycles. The number of carbonyl (C=O) groups excluding carboxylic acids is 1. The largest absolute Gasteiger partial charge is 0.506 e. The number of methoxy groups -OCH3 is 2. The Bertz CT molecular complexity index is 1160. The van der Waals surface area contributed by atoms with Crippen molar-refractivity contribution in [3.05, 3.63) is 69.8 Å². The van der Waals surface area contributed by atoms with E-state index in [9.17, 15) is 23.1 Å². The summed E-state index contributed by atoms with van der Waals surface area (Å²) in [6, 6.07) is 9.42. The molecule has 0 fully saturated rings. The summed E-state index contributed by atoms with van der Waals surface area (Å²) in [5.41, 5.74) is -0.584. The molecule has 0 aromatic heterocycles. The third-order valence-electron chi connectivity index (χ3n) is 4.50. The molecular weight excluding hydrogens is 459 g/mol. The molecule has 3 rings (SSSR count). The van der Waals surface area contributed by atoms with Gasteiger partial charge in [0.1, 0.15) is 27.9 Å². The van der Waals surface area contributed by atoms with Gasteiger partial charge in [0.2, 0.25) is 0 Å². The summed E-state index contributed by atoms with van der Waals surface area (Å²) in [6.45, 7) is 1.64. The molecule has 0 unspecified atom stereocenters. The van der Waals surface area contributed by atoms with Gasteiger partial charge in [-0.2, -0.15) is 13.2 Å². The number of thioether (sulfide) groups is 1. The van der Waals surface area contributed by atoms with Crippen LogP contribution in [0.5, 0.6) is 11.5 Å². The fraction of sp³-hybridized carbons (Fsp3) is 0.217. The number of hydrogen-bond donors (Lipinski definition) is 1. The minimum absolute atomic E-state index is 0.0124. The molecule has 0 aliphatic carbocycles. The van der Waals surface area contributed by atoms with Crippen LogP contribution in [0, 0.1) is 0 Å². The first-order chi connectivity index (χ1) is 15.7. The van der Waals surface area contributed by atoms with Gasteiger partial charge in [-0.3, -0.25) is 0 Å². The van der Waals surface area contributed by atoms with Crippen molar-refractivity contribution in [1.29, 1.82) is 0 Å². The van der Waals surface area contributed by atoms with Crippen LogP contribution in [-0.4, -0.2) is 36.9 Å². The zero-order valence-corrected chi connectivity index (χ0v) is 18.7. The smallest absolute Gasteiger partial charge is 0.416 e. The van der Waals surface area contributed by atoms with E-state index < -0.39 is 23.5 Å². The van der Waals surface area contributed by atoms with Crippen LogP contribution in [0.25, 0.3) is 6.08 Å². The molecule has 33 heavy (non-hydrogen) atoms. The number of aliphatic hydroxyl groups excluding tert-OH is 1. The van der Waals surface area contributed by atoms with Crippen LogP contribution in [0.4, 0.5) is 18.9 Å². The number of rotatable bonds is 6. The van der Waals surface area contributed by atoms with Crippen molar-refractivity contribution >= 4 is 34.5 Å². The number of esters is 1. The quantitative estimate of drug-likeness (QED) is 0.519. The highest BCUT2D eigenvalue weighted by Crippen LogP contribution is 2.42. The third kappa shape index (κ3) is 5.51. The maximum absolute atomic E-state index is 13.1. The van der Waals surface area contributed by atoms with Crippen molar-refractivity contribution in [3.63, 3.8) is 0 Å². The van der Waals surface area contributed by atoms with Gasteiger partial charge < -0.3 is 19.3 Å². The second kappa shape index (κ2) is 10.0. The number of nitrogens with zero attached hydrogens (tertiary/aromatic N) is 1. The molecule has 0 radical (unpaired) electrons. The molecule has 0 saturated heterocycles. The molecule has 0 atom stereocenters. The second-order valence-corrected chi connectivity index (χ2v) is 7.66. The summed E-state index contributed by atoms with van der Waals surface area (Å²) >= 11 is 0.925. The van der Waals surface area contributed by atoms with E-state index >= 15 is 0 Å². The van der Waals surface area contributed by atoms with E-state index in [1.165, 1.54) is 26.4 Å². The lowest BCUT2D eigenvalue weighted by Crippen LogP contribution is -2.13. The van der Waals surface area contributed by atoms with E-state index in [2.05, 4.69) is 4.99 Å². The molecule has 2 aromatic carbocycles. The van der Waals surface area contributed by atoms with Crippen LogP contribution in [0.15, 0.2) is 63.7 Å². The minimum Gasteiger partial charge on any atom is -0.506 e. The van der Waals surface area contributed by atoms with E-state index in [-0.39, 0.29) is 27.8 Å². The van der Waals surface area contributed by atoms with E-state index in [1.54, 1.807) is 31.2 Å². The molecule has 1 aliphatic rings. The van der Waals surface area contributed by atoms with Crippen molar-refractivity contribution in [1.82, 2.24) is 0 Å². The number of hydrogen-bond acceptors (Lipinski definition) is 7. The molecule has 174 valence electrons. The first-order valence-electron chi connectivity index (χ1n) is 9.66. The zero-order chi connectivity index (χ0) is 24.2. The minimum atomic E-state index is -4.55. The van der Waals surface area contributed by atoms with Crippen LogP contribution in [0.3, 0.4) is 0 Å². The first-order valence-corrected chi connectivity index (χ1v) is 10.5. The number of aliphatic imine (C=N–C) groups is 1. The lowest BCUT2D eigenvalue weighted by Gasteiger charge is -2.08. The van der Waals surface area contributed by atoms with Gasteiger partial charge >= 0.3 is 12.1 Å². The Hall–Kier alpha value is -3.40. The summed E-state index contributed by atoms with van der Waals surface area (Å²) < 4.78 is 54.8. The Morgan fingerprint density at radius 1 is 1.15 bits per heavy atom. The molecule has 0 bridgehead atoms. The summed E-state index contributed by atoms with van der Waals surface area (Å²) in [5, 5.41) is 10.8. The average molecular weight is 479 g/mol. The number of ether oxygens (including phenoxy) is 3. The van der Waals surface area contributed by atoms with Gasteiger partial charge in [-0.05, 0) is 49.4 Å². The van der Waals surface area contributed by atoms with E-state index in [1.807, 2.05) is 0 Å². The van der Waals surface area contributed by atoms with E-state index in [4.69, 9.17) is 14.2 Å². The number of halogens is 3. The van der Waals surface area contributed by atoms with E-state index in [0.717, 1.165) is 23.9 Å². The highest BCUT2D eigenvalue weighted by molar-refractivity contribution is 8.18. The average Bonchev–Trinajstić information content (AvgIpc) is 3.08. The summed E-state index contributed by atoms with van der Waals surface area (Å²) in [4.78, 5) is 17.0. The van der Waals surface area contributed by atoms with Crippen molar-refractivity contribution < 1.29 is 37.3 Å². The van der Waals surface area contributed by atoms with Gasteiger partial charge in [-0.1, -0.05) is 17.8 Å². The van der Waals surface area contributed by atoms with Crippen LogP contribution in [-0.2, 0) is 15.7 Å². The van der Waals surface area contributed by atoms with Gasteiger partial charge in [-0.15, -0.1) is 0 Å². The standard InChI is InChI=1S/C23H20F3NO5S/c1-4-32-22(29)19-20(28)18(11-13-10-16(30-2)8-9-17(13)31-3)33-21(19)27-15-7-5-6-14(12-15)23(24,25)26/h5-12,28H,4H2,1-3H3/b18-11+,27-21?. The monoisotopic (exact) mass is 479 g/mol. The molecule has 10 heteroatoms. The number of aliphatic hydroxyl groups is 1. The number of benzene rings is 2. The maximum Gasteiger partial charge on any atom is 0.416 e. The van der Waals surface area contributed by atoms with Gasteiger partial charge in [0.25, 0.3) is 0 Å². The summed E-state index contributed by atoms with van der Waals surface area (Å²) in [7, 11) is 2.98. The predicted octanol–water partition coefficient (Wildman–Crippen LogP) is 5.92. The molecule has 1 heterocycles. The molecule has 1 aliphatic heterocycles. The summed E-state index contributed by atoms with van der Waals surface area (Å²) in [5.74, 6) is -0.210. The molecule has 2 aromatic rings. The van der Waals surface area contributed by atoms with E-state index in [0.29, 0.717) is 17.1 Å². The Morgan fingerprint density at radius 2 is 1.91 bits per heavy atom. The predicted molar refractivity (Wildman–Crippen MR) is 120 cm³/mol. The Morgan fingerprint density at radius 3 is 2.55 bits per heavy atom. The van der Waals surface area contributed by atoms with Gasteiger partial charge in [0.15, 0.2) is 0 Å². The lowest BCUT2D eigenvalue weighted by atomic mass is 10.1. The van der Waals surface area contributed by atoms with Crippen molar-refractivity contribution in [3.8, 4) is 11.5 Å². The fourth-order valence-electron chi connectivity index (χ4n) is 2.95. The highest BCUT2D eigenvalue weighted by atomic mass is 32.2. The Labute approximate surface area is 192 Å². The topological polar surface area (TPSA) is 77.4 Å². The SMILES string of the molecule is CCOC(=O)C1=C(O)/C(=C\c2cc(OC)ccc2OC)SC1=Nc1cccc(C(F)(F)F)c1. The van der Waals surface area contributed by atoms with Crippen LogP contribution >= 0.6 is 11.8 Å². The van der Waals surface area contributed by atoms with Crippen LogP contribution in [0.2, 0.25) is 0 Å². The number of carbonyl (C=O) groups is 1. The first kappa shape index (κ1) is 24.2.